The molecule has 3 saturated heterocycles. The Morgan fingerprint density at radius 1 is 0.966 bits per heavy atom. The third-order valence-corrected chi connectivity index (χ3v) is 6.09. The molecule has 0 aliphatic carbocycles. The molecule has 1 spiro atoms. The molecule has 0 unspecified atom stereocenters. The fourth-order valence-corrected chi connectivity index (χ4v) is 4.75. The van der Waals surface area contributed by atoms with Crippen molar-refractivity contribution in [1.29, 1.82) is 0 Å². The Hall–Kier alpha value is -1.06. The molecule has 7 nitrogen and oxygen atoms in total. The van der Waals surface area contributed by atoms with Crippen molar-refractivity contribution in [2.45, 2.75) is 82.1 Å². The molecule has 0 saturated carbocycles. The van der Waals surface area contributed by atoms with Crippen LogP contribution in [-0.4, -0.2) is 65.2 Å². The highest BCUT2D eigenvalue weighted by molar-refractivity contribution is 5.28. The second-order valence-electron chi connectivity index (χ2n) is 9.12. The molecule has 3 aliphatic rings. The van der Waals surface area contributed by atoms with Gasteiger partial charge in [0, 0.05) is 6.61 Å². The van der Waals surface area contributed by atoms with Crippen molar-refractivity contribution in [2.75, 3.05) is 19.8 Å². The molecule has 3 aliphatic heterocycles. The summed E-state index contributed by atoms with van der Waals surface area (Å²) in [6.45, 7) is 7.75. The molecule has 0 bridgehead atoms. The second kappa shape index (κ2) is 7.27. The van der Waals surface area contributed by atoms with Crippen LogP contribution in [-0.2, 0) is 36.5 Å². The van der Waals surface area contributed by atoms with E-state index in [4.69, 9.17) is 23.7 Å². The van der Waals surface area contributed by atoms with E-state index in [1.165, 1.54) is 0 Å². The number of aliphatic hydroxyl groups is 2. The van der Waals surface area contributed by atoms with Crippen molar-refractivity contribution in [3.63, 3.8) is 0 Å². The maximum atomic E-state index is 12.1. The molecule has 2 N–H and O–H groups in total. The average Bonchev–Trinajstić information content (AvgIpc) is 3.15. The van der Waals surface area contributed by atoms with Crippen LogP contribution >= 0.6 is 0 Å². The molecule has 3 fully saturated rings. The lowest BCUT2D eigenvalue weighted by Gasteiger charge is -2.50. The van der Waals surface area contributed by atoms with E-state index >= 15 is 0 Å². The fourth-order valence-electron chi connectivity index (χ4n) is 4.75. The monoisotopic (exact) mass is 408 g/mol. The number of ether oxygens (including phenoxy) is 5. The maximum absolute atomic E-state index is 12.1. The molecule has 7 heteroatoms. The zero-order chi connectivity index (χ0) is 20.9. The third kappa shape index (κ3) is 3.74. The van der Waals surface area contributed by atoms with E-state index in [2.05, 4.69) is 0 Å². The number of benzene rings is 1. The highest BCUT2D eigenvalue weighted by Gasteiger charge is 2.70. The maximum Gasteiger partial charge on any atom is 0.227 e. The van der Waals surface area contributed by atoms with E-state index in [-0.39, 0.29) is 25.9 Å². The zero-order valence-electron chi connectivity index (χ0n) is 17.6. The van der Waals surface area contributed by atoms with Crippen LogP contribution in [0.15, 0.2) is 24.3 Å². The Bertz CT molecular complexity index is 746. The van der Waals surface area contributed by atoms with E-state index in [1.807, 2.05) is 52.0 Å². The van der Waals surface area contributed by atoms with E-state index in [0.717, 1.165) is 11.1 Å². The lowest BCUT2D eigenvalue weighted by atomic mass is 9.77. The average molecular weight is 408 g/mol. The summed E-state index contributed by atoms with van der Waals surface area (Å²) < 4.78 is 30.2. The van der Waals surface area contributed by atoms with Crippen LogP contribution in [0.25, 0.3) is 0 Å². The van der Waals surface area contributed by atoms with Gasteiger partial charge >= 0.3 is 0 Å². The van der Waals surface area contributed by atoms with Gasteiger partial charge < -0.3 is 33.9 Å². The number of fused-ring (bicyclic) bond motifs is 1. The molecule has 0 amide bonds. The van der Waals surface area contributed by atoms with Crippen molar-refractivity contribution < 1.29 is 33.9 Å². The van der Waals surface area contributed by atoms with Gasteiger partial charge in [0.25, 0.3) is 0 Å². The van der Waals surface area contributed by atoms with Crippen molar-refractivity contribution in [2.24, 2.45) is 0 Å². The lowest BCUT2D eigenvalue weighted by Crippen LogP contribution is -2.71. The summed E-state index contributed by atoms with van der Waals surface area (Å²) in [5, 5.41) is 21.4. The molecule has 29 heavy (non-hydrogen) atoms. The fraction of sp³-hybridized carbons (Fsp3) is 0.727. The van der Waals surface area contributed by atoms with Crippen molar-refractivity contribution in [3.05, 3.63) is 35.4 Å². The van der Waals surface area contributed by atoms with Crippen LogP contribution in [0, 0.1) is 0 Å². The first-order valence-corrected chi connectivity index (χ1v) is 10.3. The molecule has 0 radical (unpaired) electrons. The minimum Gasteiger partial charge on any atom is -0.396 e. The first-order valence-electron chi connectivity index (χ1n) is 10.3. The van der Waals surface area contributed by atoms with Crippen LogP contribution in [0.1, 0.15) is 45.2 Å². The van der Waals surface area contributed by atoms with Gasteiger partial charge in [0.1, 0.15) is 24.4 Å². The number of rotatable bonds is 5. The SMILES string of the molecule is CC1(C)O[C@@H]2[C@@H](CO[C@]3(COC(C)(C)O3)[C@@]2(O)CCc2ccccc2CCO)O1. The predicted molar refractivity (Wildman–Crippen MR) is 104 cm³/mol. The summed E-state index contributed by atoms with van der Waals surface area (Å²) >= 11 is 0. The van der Waals surface area contributed by atoms with Gasteiger partial charge in [-0.2, -0.15) is 0 Å². The minimum absolute atomic E-state index is 0.0787. The van der Waals surface area contributed by atoms with Crippen LogP contribution in [0.3, 0.4) is 0 Å². The van der Waals surface area contributed by atoms with Gasteiger partial charge in [-0.05, 0) is 58.1 Å². The van der Waals surface area contributed by atoms with E-state index < -0.39 is 29.1 Å². The minimum atomic E-state index is -1.47. The van der Waals surface area contributed by atoms with Gasteiger partial charge in [-0.25, -0.2) is 0 Å². The Kier molecular flexibility index (Phi) is 5.31. The molecular formula is C22H32O7. The summed E-state index contributed by atoms with van der Waals surface area (Å²) in [6.07, 6.45) is 0.500. The van der Waals surface area contributed by atoms with E-state index in [9.17, 15) is 10.2 Å². The smallest absolute Gasteiger partial charge is 0.227 e. The topological polar surface area (TPSA) is 86.6 Å². The second-order valence-corrected chi connectivity index (χ2v) is 9.12. The summed E-state index contributed by atoms with van der Waals surface area (Å²) in [7, 11) is 0. The molecule has 4 atom stereocenters. The first kappa shape index (κ1) is 21.2. The van der Waals surface area contributed by atoms with Gasteiger partial charge in [-0.3, -0.25) is 0 Å². The van der Waals surface area contributed by atoms with Crippen LogP contribution in [0.4, 0.5) is 0 Å². The summed E-state index contributed by atoms with van der Waals surface area (Å²) in [5.41, 5.74) is 0.668. The van der Waals surface area contributed by atoms with Gasteiger partial charge in [-0.15, -0.1) is 0 Å². The third-order valence-electron chi connectivity index (χ3n) is 6.09. The first-order chi connectivity index (χ1) is 13.6. The number of aliphatic hydroxyl groups excluding tert-OH is 1. The van der Waals surface area contributed by atoms with Crippen molar-refractivity contribution >= 4 is 0 Å². The largest absolute Gasteiger partial charge is 0.396 e. The van der Waals surface area contributed by atoms with Gasteiger partial charge in [-0.1, -0.05) is 24.3 Å². The van der Waals surface area contributed by atoms with Gasteiger partial charge in [0.2, 0.25) is 5.79 Å². The number of aryl methyl sites for hydroxylation is 1. The molecule has 162 valence electrons. The summed E-state index contributed by atoms with van der Waals surface area (Å²) in [5.74, 6) is -3.01. The van der Waals surface area contributed by atoms with E-state index in [0.29, 0.717) is 19.3 Å². The number of hydrogen-bond donors (Lipinski definition) is 2. The molecule has 3 heterocycles. The molecular weight excluding hydrogens is 376 g/mol. The molecule has 0 aromatic heterocycles. The quantitative estimate of drug-likeness (QED) is 0.770. The Morgan fingerprint density at radius 3 is 2.28 bits per heavy atom. The lowest BCUT2D eigenvalue weighted by molar-refractivity contribution is -0.367. The van der Waals surface area contributed by atoms with Gasteiger partial charge in [0.15, 0.2) is 11.6 Å². The Balaban J connectivity index is 1.65. The Labute approximate surface area is 171 Å². The van der Waals surface area contributed by atoms with Gasteiger partial charge in [0.05, 0.1) is 6.61 Å². The zero-order valence-corrected chi connectivity index (χ0v) is 17.6. The summed E-state index contributed by atoms with van der Waals surface area (Å²) in [6, 6.07) is 7.94. The van der Waals surface area contributed by atoms with Crippen LogP contribution < -0.4 is 0 Å². The van der Waals surface area contributed by atoms with Crippen molar-refractivity contribution in [3.8, 4) is 0 Å². The number of hydrogen-bond acceptors (Lipinski definition) is 7. The molecule has 1 aromatic carbocycles. The Morgan fingerprint density at radius 2 is 1.66 bits per heavy atom. The predicted octanol–water partition coefficient (Wildman–Crippen LogP) is 1.91. The normalized spacial score (nSPS) is 37.7. The molecule has 1 aromatic rings. The highest BCUT2D eigenvalue weighted by atomic mass is 16.9. The van der Waals surface area contributed by atoms with E-state index in [1.54, 1.807) is 0 Å². The van der Waals surface area contributed by atoms with Crippen LogP contribution in [0.5, 0.6) is 0 Å². The summed E-state index contributed by atoms with van der Waals surface area (Å²) in [4.78, 5) is 0. The van der Waals surface area contributed by atoms with Crippen LogP contribution in [0.2, 0.25) is 0 Å². The molecule has 4 rings (SSSR count). The van der Waals surface area contributed by atoms with Crippen molar-refractivity contribution in [1.82, 2.24) is 0 Å². The standard InChI is InChI=1S/C22H32O7/c1-19(2)26-14-22(29-19)21(24,18-17(13-25-22)27-20(3,4)28-18)11-9-15-7-5-6-8-16(15)10-12-23/h5-8,17-18,23-24H,9-14H2,1-4H3/t17-,18-,21-,22+/m1/s1. The highest BCUT2D eigenvalue weighted by Crippen LogP contribution is 2.51.